The lowest BCUT2D eigenvalue weighted by molar-refractivity contribution is -0.116. The molecule has 0 bridgehead atoms. The molecule has 126 valence electrons. The third kappa shape index (κ3) is 4.45. The van der Waals surface area contributed by atoms with Crippen LogP contribution in [0.1, 0.15) is 10.4 Å². The van der Waals surface area contributed by atoms with E-state index in [4.69, 9.17) is 16.3 Å². The molecule has 5 nitrogen and oxygen atoms in total. The quantitative estimate of drug-likeness (QED) is 0.900. The van der Waals surface area contributed by atoms with Gasteiger partial charge in [0.2, 0.25) is 5.91 Å². The third-order valence-electron chi connectivity index (χ3n) is 3.26. The minimum Gasteiger partial charge on any atom is -0.497 e. The number of anilines is 1. The molecule has 0 unspecified atom stereocenters. The van der Waals surface area contributed by atoms with E-state index in [1.807, 2.05) is 0 Å². The molecule has 2 rings (SSSR count). The van der Waals surface area contributed by atoms with Crippen molar-refractivity contribution in [2.24, 2.45) is 0 Å². The van der Waals surface area contributed by atoms with E-state index in [9.17, 15) is 14.0 Å². The lowest BCUT2D eigenvalue weighted by Crippen LogP contribution is -2.35. The molecule has 2 aromatic rings. The van der Waals surface area contributed by atoms with Crippen LogP contribution in [0.3, 0.4) is 0 Å². The van der Waals surface area contributed by atoms with Crippen LogP contribution in [-0.4, -0.2) is 37.4 Å². The number of ether oxygens (including phenoxy) is 1. The first kappa shape index (κ1) is 17.7. The molecule has 0 fully saturated rings. The normalized spacial score (nSPS) is 10.2. The zero-order valence-corrected chi connectivity index (χ0v) is 13.9. The van der Waals surface area contributed by atoms with Gasteiger partial charge >= 0.3 is 0 Å². The minimum absolute atomic E-state index is 0.140. The third-order valence-corrected chi connectivity index (χ3v) is 3.50. The van der Waals surface area contributed by atoms with E-state index in [1.54, 1.807) is 31.4 Å². The first-order valence-corrected chi connectivity index (χ1v) is 7.43. The number of benzene rings is 2. The highest BCUT2D eigenvalue weighted by Gasteiger charge is 2.18. The number of carbonyl (C=O) groups is 2. The van der Waals surface area contributed by atoms with E-state index in [-0.39, 0.29) is 17.1 Å². The van der Waals surface area contributed by atoms with Crippen LogP contribution in [0.2, 0.25) is 5.02 Å². The maximum atomic E-state index is 13.8. The number of nitrogens with one attached hydrogen (secondary N) is 1. The first-order chi connectivity index (χ1) is 11.4. The minimum atomic E-state index is -0.727. The topological polar surface area (TPSA) is 58.6 Å². The summed E-state index contributed by atoms with van der Waals surface area (Å²) >= 11 is 5.66. The number of methoxy groups -OCH3 is 1. The number of halogens is 2. The van der Waals surface area contributed by atoms with Crippen molar-refractivity contribution in [1.82, 2.24) is 4.90 Å². The second-order valence-electron chi connectivity index (χ2n) is 5.06. The number of hydrogen-bond acceptors (Lipinski definition) is 3. The molecule has 24 heavy (non-hydrogen) atoms. The van der Waals surface area contributed by atoms with E-state index < -0.39 is 17.6 Å². The average Bonchev–Trinajstić information content (AvgIpc) is 2.54. The second kappa shape index (κ2) is 7.79. The van der Waals surface area contributed by atoms with Gasteiger partial charge in [-0.25, -0.2) is 4.39 Å². The predicted molar refractivity (Wildman–Crippen MR) is 90.0 cm³/mol. The van der Waals surface area contributed by atoms with Crippen LogP contribution >= 0.6 is 11.6 Å². The number of carbonyl (C=O) groups excluding carboxylic acids is 2. The van der Waals surface area contributed by atoms with Crippen LogP contribution in [0, 0.1) is 5.82 Å². The molecule has 0 saturated carbocycles. The Balaban J connectivity index is 1.98. The molecule has 2 amide bonds. The van der Waals surface area contributed by atoms with Crippen LogP contribution in [0.25, 0.3) is 0 Å². The standard InChI is InChI=1S/C17H16ClFN2O3/c1-21(17(23)14-8-3-11(18)9-15(14)19)10-16(22)20-12-4-6-13(24-2)7-5-12/h3-9H,10H2,1-2H3,(H,20,22). The van der Waals surface area contributed by atoms with Crippen molar-refractivity contribution in [2.75, 3.05) is 26.0 Å². The van der Waals surface area contributed by atoms with Crippen LogP contribution < -0.4 is 10.1 Å². The molecule has 0 aliphatic heterocycles. The fourth-order valence-corrected chi connectivity index (χ4v) is 2.19. The van der Waals surface area contributed by atoms with E-state index in [0.29, 0.717) is 11.4 Å². The molecular formula is C17H16ClFN2O3. The van der Waals surface area contributed by atoms with Crippen LogP contribution in [0.15, 0.2) is 42.5 Å². The molecule has 2 aromatic carbocycles. The van der Waals surface area contributed by atoms with Gasteiger partial charge < -0.3 is 15.0 Å². The Morgan fingerprint density at radius 1 is 1.21 bits per heavy atom. The van der Waals surface area contributed by atoms with Gasteiger partial charge in [-0.05, 0) is 42.5 Å². The molecule has 0 spiro atoms. The van der Waals surface area contributed by atoms with E-state index in [2.05, 4.69) is 5.32 Å². The second-order valence-corrected chi connectivity index (χ2v) is 5.50. The van der Waals surface area contributed by atoms with Gasteiger partial charge in [-0.3, -0.25) is 9.59 Å². The molecule has 0 heterocycles. The average molecular weight is 351 g/mol. The number of likely N-dealkylation sites (N-methyl/N-ethyl adjacent to an activating group) is 1. The number of nitrogens with zero attached hydrogens (tertiary/aromatic N) is 1. The lowest BCUT2D eigenvalue weighted by Gasteiger charge is -2.17. The van der Waals surface area contributed by atoms with Crippen LogP contribution in [0.4, 0.5) is 10.1 Å². The summed E-state index contributed by atoms with van der Waals surface area (Å²) in [5.41, 5.74) is 0.429. The summed E-state index contributed by atoms with van der Waals surface area (Å²) in [6, 6.07) is 10.5. The van der Waals surface area contributed by atoms with E-state index in [1.165, 1.54) is 19.2 Å². The first-order valence-electron chi connectivity index (χ1n) is 7.05. The zero-order valence-electron chi connectivity index (χ0n) is 13.2. The van der Waals surface area contributed by atoms with Gasteiger partial charge in [-0.1, -0.05) is 11.6 Å². The molecule has 0 aliphatic carbocycles. The number of rotatable bonds is 5. The summed E-state index contributed by atoms with van der Waals surface area (Å²) in [6.07, 6.45) is 0. The molecular weight excluding hydrogens is 335 g/mol. The summed E-state index contributed by atoms with van der Waals surface area (Å²) in [5, 5.41) is 2.85. The van der Waals surface area contributed by atoms with Crippen molar-refractivity contribution in [3.8, 4) is 5.75 Å². The molecule has 0 saturated heterocycles. The molecule has 0 atom stereocenters. The fourth-order valence-electron chi connectivity index (χ4n) is 2.03. The van der Waals surface area contributed by atoms with Gasteiger partial charge in [0.25, 0.3) is 5.91 Å². The monoisotopic (exact) mass is 350 g/mol. The molecule has 7 heteroatoms. The maximum absolute atomic E-state index is 13.8. The summed E-state index contributed by atoms with van der Waals surface area (Å²) < 4.78 is 18.8. The highest BCUT2D eigenvalue weighted by molar-refractivity contribution is 6.30. The van der Waals surface area contributed by atoms with Crippen molar-refractivity contribution in [1.29, 1.82) is 0 Å². The van der Waals surface area contributed by atoms with Gasteiger partial charge in [0, 0.05) is 17.8 Å². The fraction of sp³-hybridized carbons (Fsp3) is 0.176. The number of amides is 2. The molecule has 0 radical (unpaired) electrons. The highest BCUT2D eigenvalue weighted by Crippen LogP contribution is 2.17. The Morgan fingerprint density at radius 3 is 2.46 bits per heavy atom. The Kier molecular flexibility index (Phi) is 5.76. The Bertz CT molecular complexity index is 750. The lowest BCUT2D eigenvalue weighted by atomic mass is 10.2. The Hall–Kier alpha value is -2.60. The predicted octanol–water partition coefficient (Wildman–Crippen LogP) is 3.20. The summed E-state index contributed by atoms with van der Waals surface area (Å²) in [7, 11) is 2.97. The van der Waals surface area contributed by atoms with Crippen molar-refractivity contribution >= 4 is 29.1 Å². The zero-order chi connectivity index (χ0) is 17.7. The van der Waals surface area contributed by atoms with E-state index >= 15 is 0 Å². The highest BCUT2D eigenvalue weighted by atomic mass is 35.5. The Morgan fingerprint density at radius 2 is 1.88 bits per heavy atom. The van der Waals surface area contributed by atoms with Gasteiger partial charge in [0.1, 0.15) is 11.6 Å². The van der Waals surface area contributed by atoms with E-state index in [0.717, 1.165) is 11.0 Å². The van der Waals surface area contributed by atoms with Gasteiger partial charge in [-0.15, -0.1) is 0 Å². The largest absolute Gasteiger partial charge is 0.497 e. The van der Waals surface area contributed by atoms with Crippen molar-refractivity contribution < 1.29 is 18.7 Å². The molecule has 0 aromatic heterocycles. The summed E-state index contributed by atoms with van der Waals surface area (Å²) in [5.74, 6) is -1.06. The Labute approximate surface area is 144 Å². The maximum Gasteiger partial charge on any atom is 0.257 e. The molecule has 0 aliphatic rings. The summed E-state index contributed by atoms with van der Waals surface area (Å²) in [4.78, 5) is 25.3. The SMILES string of the molecule is COc1ccc(NC(=O)CN(C)C(=O)c2ccc(Cl)cc2F)cc1. The van der Waals surface area contributed by atoms with Crippen LogP contribution in [0.5, 0.6) is 5.75 Å². The van der Waals surface area contributed by atoms with Crippen molar-refractivity contribution in [3.63, 3.8) is 0 Å². The van der Waals surface area contributed by atoms with Gasteiger partial charge in [-0.2, -0.15) is 0 Å². The van der Waals surface area contributed by atoms with Crippen molar-refractivity contribution in [3.05, 3.63) is 58.9 Å². The van der Waals surface area contributed by atoms with Crippen LogP contribution in [-0.2, 0) is 4.79 Å². The number of hydrogen-bond donors (Lipinski definition) is 1. The van der Waals surface area contributed by atoms with Gasteiger partial charge in [0.05, 0.1) is 19.2 Å². The van der Waals surface area contributed by atoms with Crippen molar-refractivity contribution in [2.45, 2.75) is 0 Å². The smallest absolute Gasteiger partial charge is 0.257 e. The van der Waals surface area contributed by atoms with Gasteiger partial charge in [0.15, 0.2) is 0 Å². The summed E-state index contributed by atoms with van der Waals surface area (Å²) in [6.45, 7) is -0.215. The molecule has 1 N–H and O–H groups in total.